The van der Waals surface area contributed by atoms with Crippen molar-refractivity contribution in [3.8, 4) is 5.82 Å². The van der Waals surface area contributed by atoms with Crippen molar-refractivity contribution in [2.75, 3.05) is 33.7 Å². The van der Waals surface area contributed by atoms with Gasteiger partial charge in [0.2, 0.25) is 0 Å². The third kappa shape index (κ3) is 3.36. The number of piperidine rings is 1. The highest BCUT2D eigenvalue weighted by molar-refractivity contribution is 5.94. The van der Waals surface area contributed by atoms with Crippen molar-refractivity contribution in [3.05, 3.63) is 36.5 Å². The van der Waals surface area contributed by atoms with Crippen molar-refractivity contribution in [2.45, 2.75) is 18.9 Å². The number of hydrogen-bond acceptors (Lipinski definition) is 5. The van der Waals surface area contributed by atoms with E-state index in [9.17, 15) is 9.59 Å². The molecule has 0 unspecified atom stereocenters. The van der Waals surface area contributed by atoms with Crippen LogP contribution < -0.4 is 0 Å². The fourth-order valence-corrected chi connectivity index (χ4v) is 3.92. The van der Waals surface area contributed by atoms with Crippen LogP contribution in [0.1, 0.15) is 23.2 Å². The number of pyridine rings is 1. The summed E-state index contributed by atoms with van der Waals surface area (Å²) in [6, 6.07) is 3.64. The zero-order valence-electron chi connectivity index (χ0n) is 15.5. The smallest absolute Gasteiger partial charge is 0.319 e. The van der Waals surface area contributed by atoms with E-state index in [-0.39, 0.29) is 18.0 Å². The molecule has 2 aromatic heterocycles. The molecular formula is C18H23N7O2. The van der Waals surface area contributed by atoms with Crippen molar-refractivity contribution < 1.29 is 9.59 Å². The van der Waals surface area contributed by atoms with Crippen molar-refractivity contribution >= 4 is 11.9 Å². The Bertz CT molecular complexity index is 819. The molecule has 3 amide bonds. The van der Waals surface area contributed by atoms with Crippen molar-refractivity contribution in [1.82, 2.24) is 34.4 Å². The number of carbonyl (C=O) groups is 2. The first kappa shape index (κ1) is 17.4. The maximum Gasteiger partial charge on any atom is 0.319 e. The van der Waals surface area contributed by atoms with Crippen LogP contribution in [0.3, 0.4) is 0 Å². The maximum atomic E-state index is 13.1. The summed E-state index contributed by atoms with van der Waals surface area (Å²) in [5.41, 5.74) is 0.560. The Kier molecular flexibility index (Phi) is 4.51. The molecule has 0 saturated carbocycles. The summed E-state index contributed by atoms with van der Waals surface area (Å²) in [6.07, 6.45) is 6.71. The lowest BCUT2D eigenvalue weighted by atomic mass is 9.94. The van der Waals surface area contributed by atoms with Gasteiger partial charge in [0.25, 0.3) is 5.91 Å². The summed E-state index contributed by atoms with van der Waals surface area (Å²) in [5.74, 6) is 0.962. The number of carbonyl (C=O) groups excluding carboxylic acids is 2. The van der Waals surface area contributed by atoms with Gasteiger partial charge in [0, 0.05) is 46.0 Å². The lowest BCUT2D eigenvalue weighted by Gasteiger charge is -2.36. The SMILES string of the molecule is CN(C)C(=O)N1C[C@@H]2CC[C@H](C1)N(C(=O)c1ccc(-n3cnnc3)nc1)C2. The van der Waals surface area contributed by atoms with Gasteiger partial charge in [-0.15, -0.1) is 10.2 Å². The number of hydrogen-bond donors (Lipinski definition) is 0. The standard InChI is InChI=1S/C18H23N7O2/c1-22(2)18(27)23-8-13-3-5-15(10-23)25(9-13)17(26)14-4-6-16(19-7-14)24-11-20-21-12-24/h4,6-7,11-13,15H,3,5,8-10H2,1-2H3/t13-,15+/m0/s1. The molecule has 2 bridgehead atoms. The van der Waals surface area contributed by atoms with E-state index in [1.54, 1.807) is 54.5 Å². The Hall–Kier alpha value is -2.97. The molecule has 9 heteroatoms. The molecule has 27 heavy (non-hydrogen) atoms. The average Bonchev–Trinajstić information content (AvgIpc) is 3.07. The van der Waals surface area contributed by atoms with E-state index >= 15 is 0 Å². The number of aromatic nitrogens is 4. The molecule has 5 rings (SSSR count). The third-order valence-corrected chi connectivity index (χ3v) is 5.31. The molecule has 142 valence electrons. The minimum absolute atomic E-state index is 0.0150. The van der Waals surface area contributed by atoms with Crippen LogP contribution in [0.15, 0.2) is 31.0 Å². The maximum absolute atomic E-state index is 13.1. The molecule has 0 spiro atoms. The molecule has 0 aromatic carbocycles. The van der Waals surface area contributed by atoms with Crippen molar-refractivity contribution in [1.29, 1.82) is 0 Å². The van der Waals surface area contributed by atoms with Crippen LogP contribution in [-0.4, -0.2) is 86.2 Å². The first-order valence-electron chi connectivity index (χ1n) is 9.11. The van der Waals surface area contributed by atoms with Crippen LogP contribution >= 0.6 is 0 Å². The largest absolute Gasteiger partial charge is 0.333 e. The van der Waals surface area contributed by atoms with Gasteiger partial charge < -0.3 is 14.7 Å². The van der Waals surface area contributed by atoms with Crippen LogP contribution in [0.5, 0.6) is 0 Å². The molecule has 9 nitrogen and oxygen atoms in total. The lowest BCUT2D eigenvalue weighted by molar-refractivity contribution is 0.0585. The van der Waals surface area contributed by atoms with E-state index in [0.29, 0.717) is 36.9 Å². The van der Waals surface area contributed by atoms with E-state index in [1.807, 2.05) is 9.80 Å². The lowest BCUT2D eigenvalue weighted by Crippen LogP contribution is -2.48. The van der Waals surface area contributed by atoms with E-state index < -0.39 is 0 Å². The molecule has 0 aliphatic carbocycles. The van der Waals surface area contributed by atoms with Gasteiger partial charge in [-0.1, -0.05) is 0 Å². The highest BCUT2D eigenvalue weighted by Crippen LogP contribution is 2.29. The first-order chi connectivity index (χ1) is 13.0. The van der Waals surface area contributed by atoms with Gasteiger partial charge in [-0.05, 0) is 30.9 Å². The van der Waals surface area contributed by atoms with Gasteiger partial charge in [0.15, 0.2) is 0 Å². The second kappa shape index (κ2) is 6.98. The van der Waals surface area contributed by atoms with Gasteiger partial charge in [0.1, 0.15) is 18.5 Å². The van der Waals surface area contributed by atoms with Crippen molar-refractivity contribution in [2.24, 2.45) is 5.92 Å². The summed E-state index contributed by atoms with van der Waals surface area (Å²) in [6.45, 7) is 1.99. The zero-order chi connectivity index (χ0) is 19.0. The van der Waals surface area contributed by atoms with Gasteiger partial charge in [-0.25, -0.2) is 9.78 Å². The second-order valence-electron chi connectivity index (χ2n) is 7.41. The number of fused-ring (bicyclic) bond motifs is 4. The molecule has 0 N–H and O–H groups in total. The third-order valence-electron chi connectivity index (χ3n) is 5.31. The topological polar surface area (TPSA) is 87.5 Å². The Morgan fingerprint density at radius 2 is 1.85 bits per heavy atom. The Morgan fingerprint density at radius 3 is 2.52 bits per heavy atom. The quantitative estimate of drug-likeness (QED) is 0.784. The van der Waals surface area contributed by atoms with Crippen LogP contribution in [0.25, 0.3) is 5.82 Å². The Balaban J connectivity index is 1.51. The number of nitrogens with zero attached hydrogens (tertiary/aromatic N) is 7. The first-order valence-corrected chi connectivity index (χ1v) is 9.11. The fraction of sp³-hybridized carbons (Fsp3) is 0.500. The van der Waals surface area contributed by atoms with Gasteiger partial charge >= 0.3 is 6.03 Å². The minimum atomic E-state index is -0.0216. The molecule has 2 aromatic rings. The molecular weight excluding hydrogens is 346 g/mol. The molecule has 3 fully saturated rings. The monoisotopic (exact) mass is 369 g/mol. The molecule has 2 atom stereocenters. The Morgan fingerprint density at radius 1 is 1.07 bits per heavy atom. The van der Waals surface area contributed by atoms with E-state index in [2.05, 4.69) is 15.2 Å². The van der Waals surface area contributed by atoms with Gasteiger partial charge in [-0.3, -0.25) is 9.36 Å². The van der Waals surface area contributed by atoms with Gasteiger partial charge in [-0.2, -0.15) is 0 Å². The minimum Gasteiger partial charge on any atom is -0.333 e. The highest BCUT2D eigenvalue weighted by atomic mass is 16.2. The normalized spacial score (nSPS) is 21.9. The van der Waals surface area contributed by atoms with Gasteiger partial charge in [0.05, 0.1) is 5.56 Å². The van der Waals surface area contributed by atoms with Crippen LogP contribution in [0.4, 0.5) is 4.79 Å². The van der Waals surface area contributed by atoms with Crippen LogP contribution in [0, 0.1) is 5.92 Å². The fourth-order valence-electron chi connectivity index (χ4n) is 3.92. The average molecular weight is 369 g/mol. The summed E-state index contributed by atoms with van der Waals surface area (Å²) in [4.78, 5) is 35.2. The molecule has 3 aliphatic heterocycles. The zero-order valence-corrected chi connectivity index (χ0v) is 15.5. The van der Waals surface area contributed by atoms with Crippen LogP contribution in [-0.2, 0) is 0 Å². The highest BCUT2D eigenvalue weighted by Gasteiger charge is 2.39. The van der Waals surface area contributed by atoms with Crippen molar-refractivity contribution in [3.63, 3.8) is 0 Å². The molecule has 0 radical (unpaired) electrons. The number of amides is 3. The van der Waals surface area contributed by atoms with E-state index in [1.165, 1.54) is 0 Å². The molecule has 5 heterocycles. The number of rotatable bonds is 2. The Labute approximate surface area is 157 Å². The van der Waals surface area contributed by atoms with Crippen LogP contribution in [0.2, 0.25) is 0 Å². The predicted molar refractivity (Wildman–Crippen MR) is 97.4 cm³/mol. The molecule has 3 aliphatic rings. The molecule has 3 saturated heterocycles. The van der Waals surface area contributed by atoms with E-state index in [4.69, 9.17) is 0 Å². The summed E-state index contributed by atoms with van der Waals surface area (Å²) in [7, 11) is 3.53. The van der Waals surface area contributed by atoms with E-state index in [0.717, 1.165) is 12.8 Å². The number of urea groups is 1. The summed E-state index contributed by atoms with van der Waals surface area (Å²) >= 11 is 0. The second-order valence-corrected chi connectivity index (χ2v) is 7.41. The predicted octanol–water partition coefficient (Wildman–Crippen LogP) is 0.880. The summed E-state index contributed by atoms with van der Waals surface area (Å²) in [5, 5.41) is 7.52. The summed E-state index contributed by atoms with van der Waals surface area (Å²) < 4.78 is 1.69.